The summed E-state index contributed by atoms with van der Waals surface area (Å²) in [5.41, 5.74) is 7.05. The monoisotopic (exact) mass is 503 g/mol. The molecule has 2 aromatic rings. The van der Waals surface area contributed by atoms with E-state index in [9.17, 15) is 9.59 Å². The molecule has 3 atom stereocenters. The van der Waals surface area contributed by atoms with Crippen molar-refractivity contribution in [2.75, 3.05) is 6.54 Å². The van der Waals surface area contributed by atoms with Gasteiger partial charge in [0.2, 0.25) is 5.91 Å². The third-order valence-electron chi connectivity index (χ3n) is 5.97. The first-order valence-electron chi connectivity index (χ1n) is 12.9. The summed E-state index contributed by atoms with van der Waals surface area (Å²) in [5.74, 6) is 5.83. The summed E-state index contributed by atoms with van der Waals surface area (Å²) in [7, 11) is 0. The van der Waals surface area contributed by atoms with Crippen molar-refractivity contribution in [3.05, 3.63) is 41.2 Å². The van der Waals surface area contributed by atoms with Crippen molar-refractivity contribution in [1.82, 2.24) is 14.9 Å². The number of fused-ring (bicyclic) bond motifs is 1. The van der Waals surface area contributed by atoms with Crippen LogP contribution in [0.3, 0.4) is 0 Å². The fourth-order valence-corrected chi connectivity index (χ4v) is 5.14. The average molecular weight is 504 g/mol. The van der Waals surface area contributed by atoms with Gasteiger partial charge in [0, 0.05) is 18.7 Å². The van der Waals surface area contributed by atoms with Gasteiger partial charge in [0.25, 0.3) is 0 Å². The molecular formula is C27H45N5O2S. The topological polar surface area (TPSA) is 106 Å². The minimum Gasteiger partial charge on any atom is -0.395 e. The number of aromatic nitrogens is 1. The van der Waals surface area contributed by atoms with E-state index in [0.29, 0.717) is 13.0 Å². The van der Waals surface area contributed by atoms with Crippen molar-refractivity contribution in [3.63, 3.8) is 0 Å². The molecule has 0 spiro atoms. The number of carbonyl (C=O) groups excluding carboxylic acids is 2. The molecule has 1 aromatic heterocycles. The number of para-hydroxylation sites is 1. The van der Waals surface area contributed by atoms with Crippen molar-refractivity contribution < 1.29 is 9.59 Å². The molecule has 0 radical (unpaired) electrons. The van der Waals surface area contributed by atoms with Gasteiger partial charge in [-0.15, -0.1) is 11.3 Å². The zero-order chi connectivity index (χ0) is 26.7. The maximum Gasteiger partial charge on any atom is 0.247 e. The number of hydrogen-bond acceptors (Lipinski definition) is 7. The highest BCUT2D eigenvalue weighted by Crippen LogP contribution is 2.37. The number of Topliss-reactive ketones (excluding diaryl/α,β-unsaturated/α-hetero) is 1. The molecule has 1 fully saturated rings. The maximum atomic E-state index is 13.6. The van der Waals surface area contributed by atoms with Gasteiger partial charge in [-0.2, -0.15) is 0 Å². The predicted octanol–water partition coefficient (Wildman–Crippen LogP) is 5.63. The molecule has 1 aliphatic heterocycles. The molecule has 1 saturated heterocycles. The molecule has 3 unspecified atom stereocenters. The van der Waals surface area contributed by atoms with Gasteiger partial charge >= 0.3 is 0 Å². The molecule has 4 N–H and O–H groups in total. The zero-order valence-corrected chi connectivity index (χ0v) is 23.6. The first kappa shape index (κ1) is 30.6. The molecule has 1 aliphatic rings. The number of thiazole rings is 1. The third-order valence-corrected chi connectivity index (χ3v) is 7.11. The van der Waals surface area contributed by atoms with Crippen LogP contribution in [0, 0.1) is 11.8 Å². The fraction of sp³-hybridized carbons (Fsp3) is 0.593. The Bertz CT molecular complexity index is 938. The van der Waals surface area contributed by atoms with Crippen molar-refractivity contribution in [2.45, 2.75) is 86.7 Å². The Kier molecular flexibility index (Phi) is 13.0. The summed E-state index contributed by atoms with van der Waals surface area (Å²) in [6.07, 6.45) is 3.92. The molecular weight excluding hydrogens is 458 g/mol. The molecule has 8 heteroatoms. The first-order chi connectivity index (χ1) is 16.7. The van der Waals surface area contributed by atoms with Crippen LogP contribution >= 0.6 is 11.3 Å². The quantitative estimate of drug-likeness (QED) is 0.275. The zero-order valence-electron chi connectivity index (χ0n) is 22.7. The smallest absolute Gasteiger partial charge is 0.247 e. The summed E-state index contributed by atoms with van der Waals surface area (Å²) >= 11 is 1.64. The van der Waals surface area contributed by atoms with E-state index in [1.165, 1.54) is 11.2 Å². The lowest BCUT2D eigenvalue weighted by atomic mass is 10.00. The number of hydrogen-bond donors (Lipinski definition) is 2. The molecule has 35 heavy (non-hydrogen) atoms. The SMILES string of the molecule is CC.CC.CCC(C)C(=O)/C(N)=C/N(N)C(C(=O)N1CCCC1c1nc2ccccc2s1)C(C)C. The molecule has 196 valence electrons. The van der Waals surface area contributed by atoms with E-state index >= 15 is 0 Å². The van der Waals surface area contributed by atoms with Gasteiger partial charge in [-0.1, -0.05) is 67.5 Å². The Hall–Kier alpha value is -2.45. The van der Waals surface area contributed by atoms with Crippen LogP contribution in [-0.2, 0) is 9.59 Å². The Morgan fingerprint density at radius 1 is 1.20 bits per heavy atom. The summed E-state index contributed by atoms with van der Waals surface area (Å²) in [5, 5.41) is 2.27. The third kappa shape index (κ3) is 7.51. The predicted molar refractivity (Wildman–Crippen MR) is 147 cm³/mol. The number of rotatable bonds is 8. The average Bonchev–Trinajstić information content (AvgIpc) is 3.52. The number of allylic oxidation sites excluding steroid dienone is 1. The van der Waals surface area contributed by atoms with Gasteiger partial charge in [0.1, 0.15) is 11.0 Å². The van der Waals surface area contributed by atoms with Gasteiger partial charge in [0.05, 0.1) is 22.0 Å². The highest BCUT2D eigenvalue weighted by molar-refractivity contribution is 7.18. The van der Waals surface area contributed by atoms with Crippen LogP contribution in [0.15, 0.2) is 36.2 Å². The van der Waals surface area contributed by atoms with Crippen molar-refractivity contribution >= 4 is 33.2 Å². The van der Waals surface area contributed by atoms with Crippen LogP contribution in [0.5, 0.6) is 0 Å². The second kappa shape index (κ2) is 14.8. The Morgan fingerprint density at radius 2 is 1.83 bits per heavy atom. The van der Waals surface area contributed by atoms with Gasteiger partial charge in [-0.25, -0.2) is 10.8 Å². The molecule has 3 rings (SSSR count). The Morgan fingerprint density at radius 3 is 2.40 bits per heavy atom. The van der Waals surface area contributed by atoms with Crippen LogP contribution in [0.4, 0.5) is 0 Å². The van der Waals surface area contributed by atoms with Crippen LogP contribution in [0.1, 0.15) is 85.7 Å². The number of amides is 1. The highest BCUT2D eigenvalue weighted by Gasteiger charge is 2.38. The second-order valence-corrected chi connectivity index (χ2v) is 9.67. The number of ketones is 1. The molecule has 0 aliphatic carbocycles. The van der Waals surface area contributed by atoms with Crippen molar-refractivity contribution in [2.24, 2.45) is 23.4 Å². The highest BCUT2D eigenvalue weighted by atomic mass is 32.1. The van der Waals surface area contributed by atoms with Crippen LogP contribution in [-0.4, -0.2) is 39.2 Å². The number of carbonyl (C=O) groups is 2. The van der Waals surface area contributed by atoms with E-state index in [1.807, 2.05) is 78.5 Å². The standard InChI is InChI=1S/C23H33N5O2S.2C2H6/c1-5-15(4)21(29)16(24)13-28(25)20(14(2)3)23(30)27-12-8-10-18(27)22-26-17-9-6-7-11-19(17)31-22;2*1-2/h6-7,9,11,13-15,18,20H,5,8,10,12,24-25H2,1-4H3;2*1-2H3/b16-13-;;. The van der Waals surface area contributed by atoms with E-state index < -0.39 is 6.04 Å². The maximum absolute atomic E-state index is 13.6. The Labute approximate surface area is 215 Å². The lowest BCUT2D eigenvalue weighted by molar-refractivity contribution is -0.138. The minimum absolute atomic E-state index is 0.0531. The van der Waals surface area contributed by atoms with Crippen molar-refractivity contribution in [3.8, 4) is 0 Å². The van der Waals surface area contributed by atoms with E-state index in [0.717, 1.165) is 28.1 Å². The summed E-state index contributed by atoms with van der Waals surface area (Å²) in [6.45, 7) is 16.3. The minimum atomic E-state index is -0.613. The fourth-order valence-electron chi connectivity index (χ4n) is 4.02. The Balaban J connectivity index is 0.00000145. The molecule has 7 nitrogen and oxygen atoms in total. The number of likely N-dealkylation sites (tertiary alicyclic amines) is 1. The van der Waals surface area contributed by atoms with Gasteiger partial charge in [-0.3, -0.25) is 9.59 Å². The van der Waals surface area contributed by atoms with Crippen LogP contribution < -0.4 is 11.6 Å². The van der Waals surface area contributed by atoms with E-state index in [1.54, 1.807) is 11.3 Å². The van der Waals surface area contributed by atoms with Crippen LogP contribution in [0.2, 0.25) is 0 Å². The number of benzene rings is 1. The van der Waals surface area contributed by atoms with Gasteiger partial charge < -0.3 is 15.6 Å². The molecule has 1 aromatic carbocycles. The van der Waals surface area contributed by atoms with Crippen LogP contribution in [0.25, 0.3) is 10.2 Å². The lowest BCUT2D eigenvalue weighted by Crippen LogP contribution is -2.52. The van der Waals surface area contributed by atoms with Crippen molar-refractivity contribution in [1.29, 1.82) is 0 Å². The lowest BCUT2D eigenvalue weighted by Gasteiger charge is -2.34. The molecule has 0 bridgehead atoms. The molecule has 2 heterocycles. The largest absolute Gasteiger partial charge is 0.395 e. The van der Waals surface area contributed by atoms with E-state index in [4.69, 9.17) is 16.6 Å². The van der Waals surface area contributed by atoms with E-state index in [-0.39, 0.29) is 35.3 Å². The summed E-state index contributed by atoms with van der Waals surface area (Å²) in [6, 6.07) is 7.36. The summed E-state index contributed by atoms with van der Waals surface area (Å²) < 4.78 is 1.12. The summed E-state index contributed by atoms with van der Waals surface area (Å²) in [4.78, 5) is 32.6. The van der Waals surface area contributed by atoms with Gasteiger partial charge in [0.15, 0.2) is 5.78 Å². The number of nitrogens with zero attached hydrogens (tertiary/aromatic N) is 3. The first-order valence-corrected chi connectivity index (χ1v) is 13.8. The number of nitrogens with two attached hydrogens (primary N) is 2. The van der Waals surface area contributed by atoms with Gasteiger partial charge in [-0.05, 0) is 37.3 Å². The normalized spacial score (nSPS) is 17.3. The second-order valence-electron chi connectivity index (χ2n) is 8.60. The molecule has 0 saturated carbocycles. The number of hydrazine groups is 1. The van der Waals surface area contributed by atoms with E-state index in [2.05, 4.69) is 6.07 Å². The molecule has 1 amide bonds.